The number of anilines is 1. The van der Waals surface area contributed by atoms with Crippen molar-refractivity contribution >= 4 is 29.1 Å². The van der Waals surface area contributed by atoms with Crippen molar-refractivity contribution in [2.45, 2.75) is 31.2 Å². The molecule has 0 spiro atoms. The zero-order valence-corrected chi connectivity index (χ0v) is 19.5. The van der Waals surface area contributed by atoms with Crippen LogP contribution in [0.1, 0.15) is 18.4 Å². The fourth-order valence-electron chi connectivity index (χ4n) is 4.64. The Morgan fingerprint density at radius 1 is 1.05 bits per heavy atom. The van der Waals surface area contributed by atoms with Gasteiger partial charge in [0.15, 0.2) is 5.60 Å². The minimum atomic E-state index is -4.73. The summed E-state index contributed by atoms with van der Waals surface area (Å²) < 4.78 is 45.2. The van der Waals surface area contributed by atoms with Crippen LogP contribution >= 0.6 is 0 Å². The largest absolute Gasteiger partial charge is 0.491 e. The zero-order chi connectivity index (χ0) is 26.4. The van der Waals surface area contributed by atoms with Crippen LogP contribution in [0, 0.1) is 0 Å². The van der Waals surface area contributed by atoms with Crippen molar-refractivity contribution in [2.75, 3.05) is 31.6 Å². The van der Waals surface area contributed by atoms with Gasteiger partial charge >= 0.3 is 18.3 Å². The van der Waals surface area contributed by atoms with Gasteiger partial charge in [-0.1, -0.05) is 12.1 Å². The normalized spacial score (nSPS) is 17.6. The van der Waals surface area contributed by atoms with E-state index in [0.717, 1.165) is 16.7 Å². The summed E-state index contributed by atoms with van der Waals surface area (Å²) in [7, 11) is 0. The third kappa shape index (κ3) is 4.86. The first kappa shape index (κ1) is 24.7. The summed E-state index contributed by atoms with van der Waals surface area (Å²) >= 11 is 0. The first-order valence-electron chi connectivity index (χ1n) is 11.6. The number of ether oxygens (including phenoxy) is 1. The van der Waals surface area contributed by atoms with E-state index in [4.69, 9.17) is 9.84 Å². The molecule has 1 aromatic heterocycles. The van der Waals surface area contributed by atoms with Gasteiger partial charge in [0.25, 0.3) is 0 Å². The molecule has 37 heavy (non-hydrogen) atoms. The number of aliphatic hydroxyl groups is 1. The Hall–Kier alpha value is -4.00. The molecule has 4 N–H and O–H groups in total. The van der Waals surface area contributed by atoms with Crippen LogP contribution in [0.4, 0.5) is 28.7 Å². The average Bonchev–Trinajstić information content (AvgIpc) is 3.11. The van der Waals surface area contributed by atoms with Crippen LogP contribution in [0.3, 0.4) is 0 Å². The first-order valence-corrected chi connectivity index (χ1v) is 11.6. The van der Waals surface area contributed by atoms with E-state index < -0.39 is 36.7 Å². The van der Waals surface area contributed by atoms with Crippen LogP contribution in [0.25, 0.3) is 22.2 Å². The number of hydrogen-bond donors (Lipinski definition) is 4. The highest BCUT2D eigenvalue weighted by Gasteiger charge is 2.55. The van der Waals surface area contributed by atoms with E-state index in [1.54, 1.807) is 12.1 Å². The number of carbonyl (C=O) groups is 2. The molecule has 2 aliphatic heterocycles. The molecule has 0 atom stereocenters. The van der Waals surface area contributed by atoms with E-state index in [9.17, 15) is 27.9 Å². The molecule has 0 unspecified atom stereocenters. The number of rotatable bonds is 2. The van der Waals surface area contributed by atoms with E-state index in [1.165, 1.54) is 9.80 Å². The van der Waals surface area contributed by atoms with E-state index in [-0.39, 0.29) is 38.7 Å². The number of carboxylic acid groups (broad SMARTS) is 1. The second-order valence-corrected chi connectivity index (χ2v) is 9.14. The number of halogens is 3. The van der Waals surface area contributed by atoms with Crippen LogP contribution in [-0.2, 0) is 6.54 Å². The number of alkyl halides is 3. The molecule has 196 valence electrons. The Bertz CT molecular complexity index is 1350. The molecular weight excluding hydrogens is 495 g/mol. The molecule has 0 bridgehead atoms. The molecule has 13 heteroatoms. The Balaban J connectivity index is 1.33. The molecule has 0 saturated carbocycles. The summed E-state index contributed by atoms with van der Waals surface area (Å²) in [6.45, 7) is 0.325. The summed E-state index contributed by atoms with van der Waals surface area (Å²) in [5.74, 6) is 0.718. The number of fused-ring (bicyclic) bond motifs is 2. The number of hydrogen-bond acceptors (Lipinski definition) is 5. The number of H-pyrrole nitrogens is 1. The minimum absolute atomic E-state index is 0.107. The Morgan fingerprint density at radius 2 is 1.76 bits per heavy atom. The molecule has 1 fully saturated rings. The standard InChI is InChI=1S/C24H24F3N5O5/c25-24(26,27)23(36)5-7-31(8-6-23)22(35)32-9-10-37-19-4-2-14(11-16(19)13-32)15-1-3-17-18(12-15)29-20(28-17)30-21(33)34/h1-4,11-12,36H,5-10,13H2,(H,33,34)(H2,28,29,30). The highest BCUT2D eigenvalue weighted by Crippen LogP contribution is 2.39. The third-order valence-electron chi connectivity index (χ3n) is 6.74. The van der Waals surface area contributed by atoms with Crippen LogP contribution in [0.5, 0.6) is 5.75 Å². The number of imidazole rings is 1. The van der Waals surface area contributed by atoms with E-state index in [1.807, 2.05) is 24.3 Å². The average molecular weight is 519 g/mol. The lowest BCUT2D eigenvalue weighted by atomic mass is 9.91. The fourth-order valence-corrected chi connectivity index (χ4v) is 4.64. The number of aromatic nitrogens is 2. The number of aromatic amines is 1. The van der Waals surface area contributed by atoms with Gasteiger partial charge in [0.05, 0.1) is 24.1 Å². The van der Waals surface area contributed by atoms with Crippen molar-refractivity contribution in [3.63, 3.8) is 0 Å². The monoisotopic (exact) mass is 519 g/mol. The van der Waals surface area contributed by atoms with Gasteiger partial charge in [-0.15, -0.1) is 0 Å². The Morgan fingerprint density at radius 3 is 2.46 bits per heavy atom. The number of amides is 3. The maximum atomic E-state index is 13.1. The smallest absolute Gasteiger partial charge is 0.417 e. The second-order valence-electron chi connectivity index (χ2n) is 9.14. The second kappa shape index (κ2) is 9.14. The predicted octanol–water partition coefficient (Wildman–Crippen LogP) is 4.02. The van der Waals surface area contributed by atoms with Crippen molar-refractivity contribution in [3.05, 3.63) is 42.0 Å². The molecule has 5 rings (SSSR count). The summed E-state index contributed by atoms with van der Waals surface area (Å²) in [5.41, 5.74) is 0.840. The molecule has 0 radical (unpaired) electrons. The lowest BCUT2D eigenvalue weighted by Gasteiger charge is -2.40. The van der Waals surface area contributed by atoms with Crippen molar-refractivity contribution in [1.82, 2.24) is 19.8 Å². The fraction of sp³-hybridized carbons (Fsp3) is 0.375. The van der Waals surface area contributed by atoms with Crippen molar-refractivity contribution in [2.24, 2.45) is 0 Å². The molecule has 2 aromatic carbocycles. The summed E-state index contributed by atoms with van der Waals surface area (Å²) in [6.07, 6.45) is -7.09. The summed E-state index contributed by atoms with van der Waals surface area (Å²) in [4.78, 5) is 34.0. The van der Waals surface area contributed by atoms with Crippen LogP contribution in [-0.4, -0.2) is 80.1 Å². The van der Waals surface area contributed by atoms with Crippen LogP contribution < -0.4 is 10.1 Å². The molecular formula is C24H24F3N5O5. The van der Waals surface area contributed by atoms with Crippen LogP contribution in [0.15, 0.2) is 36.4 Å². The van der Waals surface area contributed by atoms with Gasteiger partial charge in [0.2, 0.25) is 5.95 Å². The van der Waals surface area contributed by atoms with Gasteiger partial charge in [-0.05, 0) is 35.4 Å². The molecule has 0 aliphatic carbocycles. The number of urea groups is 1. The minimum Gasteiger partial charge on any atom is -0.491 e. The maximum absolute atomic E-state index is 13.1. The van der Waals surface area contributed by atoms with E-state index in [0.29, 0.717) is 16.8 Å². The highest BCUT2D eigenvalue weighted by atomic mass is 19.4. The molecule has 2 aliphatic rings. The number of likely N-dealkylation sites (tertiary alicyclic amines) is 1. The number of piperidine rings is 1. The van der Waals surface area contributed by atoms with Gasteiger partial charge in [-0.3, -0.25) is 5.32 Å². The molecule has 3 heterocycles. The van der Waals surface area contributed by atoms with Gasteiger partial charge in [0, 0.05) is 31.5 Å². The lowest BCUT2D eigenvalue weighted by molar-refractivity contribution is -0.271. The zero-order valence-electron chi connectivity index (χ0n) is 19.5. The molecule has 10 nitrogen and oxygen atoms in total. The van der Waals surface area contributed by atoms with Crippen molar-refractivity contribution < 1.29 is 37.7 Å². The SMILES string of the molecule is O=C(O)Nc1nc2ccc(-c3ccc4c(c3)CN(C(=O)N3CCC(O)(C(F)(F)F)CC3)CCO4)cc2[nH]1. The summed E-state index contributed by atoms with van der Waals surface area (Å²) in [5, 5.41) is 21.0. The quantitative estimate of drug-likeness (QED) is 0.405. The summed E-state index contributed by atoms with van der Waals surface area (Å²) in [6, 6.07) is 10.6. The van der Waals surface area contributed by atoms with Crippen molar-refractivity contribution in [3.8, 4) is 16.9 Å². The third-order valence-corrected chi connectivity index (χ3v) is 6.74. The first-order chi connectivity index (χ1) is 17.5. The maximum Gasteiger partial charge on any atom is 0.417 e. The number of nitrogens with one attached hydrogen (secondary N) is 2. The number of nitrogens with zero attached hydrogens (tertiary/aromatic N) is 3. The molecule has 1 saturated heterocycles. The number of benzene rings is 2. The van der Waals surface area contributed by atoms with Gasteiger partial charge in [0.1, 0.15) is 12.4 Å². The van der Waals surface area contributed by atoms with E-state index >= 15 is 0 Å². The molecule has 3 aromatic rings. The van der Waals surface area contributed by atoms with Gasteiger partial charge < -0.3 is 29.7 Å². The Labute approximate surface area is 208 Å². The number of carbonyl (C=O) groups excluding carboxylic acids is 1. The lowest BCUT2D eigenvalue weighted by Crippen LogP contribution is -2.56. The highest BCUT2D eigenvalue weighted by molar-refractivity contribution is 5.87. The van der Waals surface area contributed by atoms with Gasteiger partial charge in [-0.2, -0.15) is 13.2 Å². The predicted molar refractivity (Wildman–Crippen MR) is 126 cm³/mol. The topological polar surface area (TPSA) is 131 Å². The van der Waals surface area contributed by atoms with Crippen LogP contribution in [0.2, 0.25) is 0 Å². The van der Waals surface area contributed by atoms with E-state index in [2.05, 4.69) is 15.3 Å². The van der Waals surface area contributed by atoms with Crippen molar-refractivity contribution in [1.29, 1.82) is 0 Å². The Kier molecular flexibility index (Phi) is 6.10. The molecule has 3 amide bonds. The van der Waals surface area contributed by atoms with Gasteiger partial charge in [-0.25, -0.2) is 14.6 Å².